The molecule has 11 amide bonds. The number of primary amides is 1. The van der Waals surface area contributed by atoms with Crippen LogP contribution in [0, 0.1) is 5.92 Å². The fraction of sp³-hybridized carbons (Fsp3) is 0.559. The Bertz CT molecular complexity index is 3020. The number of nitrogens with two attached hydrogens (primary N) is 8. The molecule has 0 aliphatic carbocycles. The molecule has 2 aliphatic rings. The lowest BCUT2D eigenvalue weighted by atomic mass is 9.96. The molecule has 0 spiro atoms. The van der Waals surface area contributed by atoms with Crippen LogP contribution in [0.4, 0.5) is 0 Å². The fourth-order valence-corrected chi connectivity index (χ4v) is 12.8. The topological polar surface area (TPSA) is 565 Å². The number of rotatable bonds is 27. The standard InChI is InChI=1S/C59H93N21O12S2/c1-5-32(2)45-54(91)76-39(17-11-25-70-58(66)67)55(92)80-26-12-18-42(80)53(90)79-46(47(61)84)59(3,4)94-93-31-41(52(89)75-37(15-9-23-68-56(62)63)49(86)74-38(50(87)78-45)16-10-24-69-57(64)65)77-51(88)40(28-33-13-7-6-8-14-33)73-44(83)30-71-43(82)29-72-48(85)36(60)27-34-19-21-35(81)22-20-34/h6-8,13-14,19-22,32,36-42,45-46,81H,5,9-12,15-18,23-31,60H2,1-4H3,(H2,61,84)(H,71,82)(H,72,85)(H,73,83)(H,74,86)(H,75,89)(H,76,91)(H,77,88)(H,78,87)(H,79,90)(H4,62,63,68)(H4,64,65,69)(H4,66,67,70)/t32-,36-,37-,38-,39-,40-,41-,42-,45-,46-/m0/s1. The Labute approximate surface area is 553 Å². The molecular weight excluding hydrogens is 1260 g/mol. The van der Waals surface area contributed by atoms with Gasteiger partial charge < -0.3 is 104 Å². The number of carbonyl (C=O) groups excluding carboxylic acids is 11. The summed E-state index contributed by atoms with van der Waals surface area (Å²) in [5, 5.41) is 33.4. The zero-order chi connectivity index (χ0) is 69.7. The molecule has 0 aromatic heterocycles. The van der Waals surface area contributed by atoms with Gasteiger partial charge in [0.2, 0.25) is 65.0 Å². The maximum atomic E-state index is 15.0. The molecule has 33 nitrogen and oxygen atoms in total. The Kier molecular flexibility index (Phi) is 31.9. The molecule has 2 heterocycles. The lowest BCUT2D eigenvalue weighted by molar-refractivity contribution is -0.143. The molecule has 0 bridgehead atoms. The van der Waals surface area contributed by atoms with Gasteiger partial charge in [0, 0.05) is 43.1 Å². The van der Waals surface area contributed by atoms with Crippen molar-refractivity contribution in [2.75, 3.05) is 45.0 Å². The number of guanidine groups is 3. The predicted molar refractivity (Wildman–Crippen MR) is 357 cm³/mol. The average molecular weight is 1350 g/mol. The van der Waals surface area contributed by atoms with Crippen molar-refractivity contribution in [1.82, 2.24) is 52.8 Å². The minimum absolute atomic E-state index is 0.00330. The highest BCUT2D eigenvalue weighted by Crippen LogP contribution is 2.39. The van der Waals surface area contributed by atoms with E-state index in [0.717, 1.165) is 21.6 Å². The quantitative estimate of drug-likeness (QED) is 0.0172. The number of benzene rings is 2. The molecule has 26 N–H and O–H groups in total. The highest BCUT2D eigenvalue weighted by Gasteiger charge is 2.44. The summed E-state index contributed by atoms with van der Waals surface area (Å²) in [4.78, 5) is 169. The first-order valence-corrected chi connectivity index (χ1v) is 33.1. The van der Waals surface area contributed by atoms with E-state index in [1.165, 1.54) is 17.0 Å². The number of hydrogen-bond acceptors (Lipinski definition) is 18. The number of nitrogens with one attached hydrogen (secondary N) is 9. The second-order valence-electron chi connectivity index (χ2n) is 23.2. The summed E-state index contributed by atoms with van der Waals surface area (Å²) in [6, 6.07) is 2.28. The van der Waals surface area contributed by atoms with E-state index in [9.17, 15) is 57.8 Å². The van der Waals surface area contributed by atoms with Crippen LogP contribution in [0.2, 0.25) is 0 Å². The minimum atomic E-state index is -1.59. The Balaban J connectivity index is 1.77. The number of fused-ring (bicyclic) bond motifs is 1. The van der Waals surface area contributed by atoms with Crippen LogP contribution in [0.1, 0.15) is 96.6 Å². The van der Waals surface area contributed by atoms with Gasteiger partial charge in [0.15, 0.2) is 17.9 Å². The third-order valence-corrected chi connectivity index (χ3v) is 18.6. The van der Waals surface area contributed by atoms with E-state index in [0.29, 0.717) is 24.0 Å². The zero-order valence-corrected chi connectivity index (χ0v) is 55.0. The molecule has 2 aliphatic heterocycles. The Morgan fingerprint density at radius 3 is 1.76 bits per heavy atom. The number of amides is 11. The monoisotopic (exact) mass is 1350 g/mol. The SMILES string of the molecule is CC[C@H](C)[C@@H]1NC(=O)[C@H](CCCN=C(N)N)NC(=O)[C@H](CCCN=C(N)N)NC(=O)[C@@H](NC(=O)[C@H](Cc2ccccc2)NC(=O)CNC(=O)CNC(=O)[C@@H](N)Cc2ccc(O)cc2)CSSC(C)(C)[C@H](C(N)=O)NC(=O)[C@@H]2CCCN2C(=O)[C@H](CCCN=C(N)N)NC1=O. The summed E-state index contributed by atoms with van der Waals surface area (Å²) in [6.07, 6.45) is 0.825. The molecule has 0 unspecified atom stereocenters. The first-order valence-electron chi connectivity index (χ1n) is 30.8. The molecule has 2 aromatic carbocycles. The summed E-state index contributed by atoms with van der Waals surface area (Å²) < 4.78 is -1.31. The van der Waals surface area contributed by atoms with Gasteiger partial charge >= 0.3 is 0 Å². The van der Waals surface area contributed by atoms with Crippen molar-refractivity contribution in [3.63, 3.8) is 0 Å². The van der Waals surface area contributed by atoms with Crippen LogP contribution < -0.4 is 93.7 Å². The molecule has 518 valence electrons. The molecular formula is C59H93N21O12S2. The van der Waals surface area contributed by atoms with Crippen LogP contribution in [0.5, 0.6) is 5.75 Å². The summed E-state index contributed by atoms with van der Waals surface area (Å²) in [6.45, 7) is 5.52. The van der Waals surface area contributed by atoms with E-state index < -0.39 is 143 Å². The van der Waals surface area contributed by atoms with Crippen LogP contribution in [-0.2, 0) is 65.6 Å². The van der Waals surface area contributed by atoms with Crippen molar-refractivity contribution in [1.29, 1.82) is 0 Å². The highest BCUT2D eigenvalue weighted by atomic mass is 33.1. The van der Waals surface area contributed by atoms with Gasteiger partial charge in [-0.25, -0.2) is 0 Å². The molecule has 0 saturated carbocycles. The van der Waals surface area contributed by atoms with E-state index in [4.69, 9.17) is 45.9 Å². The number of aromatic hydroxyl groups is 1. The zero-order valence-electron chi connectivity index (χ0n) is 53.4. The van der Waals surface area contributed by atoms with Crippen LogP contribution in [0.15, 0.2) is 69.6 Å². The van der Waals surface area contributed by atoms with Crippen LogP contribution in [-0.4, -0.2) is 197 Å². The summed E-state index contributed by atoms with van der Waals surface area (Å²) in [7, 11) is 1.96. The largest absolute Gasteiger partial charge is 0.508 e. The Hall–Kier alpha value is -9.12. The molecule has 2 saturated heterocycles. The Morgan fingerprint density at radius 1 is 0.660 bits per heavy atom. The number of nitrogens with zero attached hydrogens (tertiary/aromatic N) is 4. The second-order valence-corrected chi connectivity index (χ2v) is 26.2. The van der Waals surface area contributed by atoms with E-state index in [1.807, 2.05) is 0 Å². The number of hydrogen-bond donors (Lipinski definition) is 18. The van der Waals surface area contributed by atoms with Gasteiger partial charge in [-0.2, -0.15) is 0 Å². The summed E-state index contributed by atoms with van der Waals surface area (Å²) in [5.74, 6) is -10.7. The van der Waals surface area contributed by atoms with Gasteiger partial charge in [0.25, 0.3) is 0 Å². The van der Waals surface area contributed by atoms with Gasteiger partial charge in [-0.15, -0.1) is 0 Å². The normalized spacial score (nSPS) is 21.7. The molecule has 35 heteroatoms. The molecule has 94 heavy (non-hydrogen) atoms. The van der Waals surface area contributed by atoms with E-state index in [2.05, 4.69) is 62.8 Å². The fourth-order valence-electron chi connectivity index (χ4n) is 9.98. The average Bonchev–Trinajstić information content (AvgIpc) is 1.51. The molecule has 2 fully saturated rings. The van der Waals surface area contributed by atoms with Crippen molar-refractivity contribution >= 4 is 104 Å². The number of carbonyl (C=O) groups is 11. The van der Waals surface area contributed by atoms with E-state index in [1.54, 1.807) is 70.2 Å². The summed E-state index contributed by atoms with van der Waals surface area (Å²) in [5.41, 5.74) is 46.9. The lowest BCUT2D eigenvalue weighted by Crippen LogP contribution is -2.61. The maximum absolute atomic E-state index is 15.0. The van der Waals surface area contributed by atoms with Gasteiger partial charge in [-0.3, -0.25) is 67.7 Å². The predicted octanol–water partition coefficient (Wildman–Crippen LogP) is -5.01. The van der Waals surface area contributed by atoms with Crippen LogP contribution in [0.25, 0.3) is 0 Å². The smallest absolute Gasteiger partial charge is 0.245 e. The first kappa shape index (κ1) is 77.3. The van der Waals surface area contributed by atoms with Crippen LogP contribution >= 0.6 is 21.6 Å². The van der Waals surface area contributed by atoms with Gasteiger partial charge in [0.1, 0.15) is 54.1 Å². The van der Waals surface area contributed by atoms with Gasteiger partial charge in [-0.05, 0) is 101 Å². The third kappa shape index (κ3) is 26.5. The molecule has 2 aromatic rings. The first-order chi connectivity index (χ1) is 44.5. The highest BCUT2D eigenvalue weighted by molar-refractivity contribution is 8.77. The lowest BCUT2D eigenvalue weighted by Gasteiger charge is -2.34. The van der Waals surface area contributed by atoms with Gasteiger partial charge in [-0.1, -0.05) is 84.3 Å². The third-order valence-electron chi connectivity index (χ3n) is 15.3. The van der Waals surface area contributed by atoms with Crippen molar-refractivity contribution in [2.45, 2.75) is 157 Å². The van der Waals surface area contributed by atoms with Crippen molar-refractivity contribution in [3.8, 4) is 5.75 Å². The number of phenols is 1. The van der Waals surface area contributed by atoms with E-state index in [-0.39, 0.29) is 113 Å². The second kappa shape index (κ2) is 38.8. The minimum Gasteiger partial charge on any atom is -0.508 e. The van der Waals surface area contributed by atoms with Crippen molar-refractivity contribution in [2.24, 2.45) is 66.8 Å². The van der Waals surface area contributed by atoms with Crippen molar-refractivity contribution < 1.29 is 57.8 Å². The van der Waals surface area contributed by atoms with Crippen LogP contribution in [0.3, 0.4) is 0 Å². The summed E-state index contributed by atoms with van der Waals surface area (Å²) >= 11 is 0. The molecule has 4 rings (SSSR count). The van der Waals surface area contributed by atoms with Crippen molar-refractivity contribution in [3.05, 3.63) is 65.7 Å². The molecule has 0 radical (unpaired) electrons. The van der Waals surface area contributed by atoms with E-state index >= 15 is 0 Å². The molecule has 10 atom stereocenters. The number of aliphatic imine (C=N–C) groups is 3. The Morgan fingerprint density at radius 2 is 1.19 bits per heavy atom. The maximum Gasteiger partial charge on any atom is 0.245 e. The van der Waals surface area contributed by atoms with Gasteiger partial charge in [0.05, 0.1) is 19.1 Å². The number of phenolic OH excluding ortho intramolecular Hbond substituents is 1.